The molecule has 1 rings (SSSR count). The second kappa shape index (κ2) is 5.67. The van der Waals surface area contributed by atoms with Crippen molar-refractivity contribution in [2.45, 2.75) is 40.0 Å². The van der Waals surface area contributed by atoms with E-state index in [9.17, 15) is 4.79 Å². The Labute approximate surface area is 99.1 Å². The molecule has 1 heterocycles. The van der Waals surface area contributed by atoms with Gasteiger partial charge in [-0.05, 0) is 25.2 Å². The monoisotopic (exact) mass is 227 g/mol. The Morgan fingerprint density at radius 3 is 2.38 bits per heavy atom. The standard InChI is InChI=1S/C13H25NO2/c1-13(2,3)12(15)14(4)8-5-11-6-9-16-10-7-11/h11H,5-10H2,1-4H3. The van der Waals surface area contributed by atoms with Crippen LogP contribution in [0.2, 0.25) is 0 Å². The molecular formula is C13H25NO2. The topological polar surface area (TPSA) is 29.5 Å². The number of nitrogens with zero attached hydrogens (tertiary/aromatic N) is 1. The van der Waals surface area contributed by atoms with Crippen molar-refractivity contribution in [3.8, 4) is 0 Å². The molecule has 1 aliphatic rings. The molecule has 16 heavy (non-hydrogen) atoms. The van der Waals surface area contributed by atoms with Gasteiger partial charge < -0.3 is 9.64 Å². The summed E-state index contributed by atoms with van der Waals surface area (Å²) in [6, 6.07) is 0. The van der Waals surface area contributed by atoms with Crippen molar-refractivity contribution in [1.82, 2.24) is 4.90 Å². The zero-order valence-corrected chi connectivity index (χ0v) is 11.1. The highest BCUT2D eigenvalue weighted by Gasteiger charge is 2.25. The van der Waals surface area contributed by atoms with Crippen LogP contribution in [-0.2, 0) is 9.53 Å². The Morgan fingerprint density at radius 1 is 1.31 bits per heavy atom. The first-order valence-corrected chi connectivity index (χ1v) is 6.24. The van der Waals surface area contributed by atoms with Crippen LogP contribution in [0.15, 0.2) is 0 Å². The van der Waals surface area contributed by atoms with Crippen LogP contribution in [-0.4, -0.2) is 37.6 Å². The number of ether oxygens (including phenoxy) is 1. The largest absolute Gasteiger partial charge is 0.381 e. The Balaban J connectivity index is 2.28. The van der Waals surface area contributed by atoms with E-state index in [-0.39, 0.29) is 11.3 Å². The van der Waals surface area contributed by atoms with E-state index in [1.54, 1.807) is 0 Å². The summed E-state index contributed by atoms with van der Waals surface area (Å²) in [5, 5.41) is 0. The highest BCUT2D eigenvalue weighted by atomic mass is 16.5. The lowest BCUT2D eigenvalue weighted by molar-refractivity contribution is -0.138. The maximum absolute atomic E-state index is 11.9. The predicted octanol–water partition coefficient (Wildman–Crippen LogP) is 2.31. The second-order valence-electron chi connectivity index (χ2n) is 5.82. The van der Waals surface area contributed by atoms with E-state index in [2.05, 4.69) is 0 Å². The van der Waals surface area contributed by atoms with Crippen molar-refractivity contribution in [2.24, 2.45) is 11.3 Å². The summed E-state index contributed by atoms with van der Waals surface area (Å²) in [6.45, 7) is 8.57. The minimum absolute atomic E-state index is 0.236. The number of rotatable bonds is 3. The highest BCUT2D eigenvalue weighted by Crippen LogP contribution is 2.21. The van der Waals surface area contributed by atoms with Crippen LogP contribution in [0.5, 0.6) is 0 Å². The zero-order valence-electron chi connectivity index (χ0n) is 11.1. The third-order valence-corrected chi connectivity index (χ3v) is 3.20. The Hall–Kier alpha value is -0.570. The molecule has 1 aliphatic heterocycles. The van der Waals surface area contributed by atoms with Crippen molar-refractivity contribution in [3.63, 3.8) is 0 Å². The van der Waals surface area contributed by atoms with Gasteiger partial charge in [-0.3, -0.25) is 4.79 Å². The number of carbonyl (C=O) groups excluding carboxylic acids is 1. The minimum Gasteiger partial charge on any atom is -0.381 e. The van der Waals surface area contributed by atoms with Crippen LogP contribution in [0.4, 0.5) is 0 Å². The zero-order chi connectivity index (χ0) is 12.2. The molecule has 3 nitrogen and oxygen atoms in total. The summed E-state index contributed by atoms with van der Waals surface area (Å²) in [6.07, 6.45) is 3.41. The van der Waals surface area contributed by atoms with Crippen LogP contribution in [0.3, 0.4) is 0 Å². The number of amides is 1. The summed E-state index contributed by atoms with van der Waals surface area (Å²) in [4.78, 5) is 13.8. The molecule has 1 fully saturated rings. The lowest BCUT2D eigenvalue weighted by Gasteiger charge is -2.28. The molecule has 0 aromatic carbocycles. The fraction of sp³-hybridized carbons (Fsp3) is 0.923. The average Bonchev–Trinajstić information content (AvgIpc) is 2.25. The van der Waals surface area contributed by atoms with Crippen molar-refractivity contribution in [1.29, 1.82) is 0 Å². The van der Waals surface area contributed by atoms with Crippen LogP contribution in [0.1, 0.15) is 40.0 Å². The third kappa shape index (κ3) is 4.12. The first kappa shape index (κ1) is 13.5. The summed E-state index contributed by atoms with van der Waals surface area (Å²) in [5.41, 5.74) is -0.259. The van der Waals surface area contributed by atoms with Gasteiger partial charge in [-0.1, -0.05) is 20.8 Å². The molecule has 0 spiro atoms. The summed E-state index contributed by atoms with van der Waals surface area (Å²) in [5.74, 6) is 0.975. The summed E-state index contributed by atoms with van der Waals surface area (Å²) >= 11 is 0. The quantitative estimate of drug-likeness (QED) is 0.740. The number of hydrogen-bond acceptors (Lipinski definition) is 2. The van der Waals surface area contributed by atoms with E-state index < -0.39 is 0 Å². The second-order valence-corrected chi connectivity index (χ2v) is 5.82. The van der Waals surface area contributed by atoms with Gasteiger partial charge in [0.15, 0.2) is 0 Å². The van der Waals surface area contributed by atoms with Crippen molar-refractivity contribution >= 4 is 5.91 Å². The van der Waals surface area contributed by atoms with Crippen LogP contribution < -0.4 is 0 Å². The molecule has 1 saturated heterocycles. The Kier molecular flexibility index (Phi) is 4.78. The Morgan fingerprint density at radius 2 is 1.88 bits per heavy atom. The molecular weight excluding hydrogens is 202 g/mol. The highest BCUT2D eigenvalue weighted by molar-refractivity contribution is 5.81. The van der Waals surface area contributed by atoms with E-state index in [0.29, 0.717) is 0 Å². The van der Waals surface area contributed by atoms with E-state index >= 15 is 0 Å². The Bertz CT molecular complexity index is 227. The van der Waals surface area contributed by atoms with Gasteiger partial charge in [0.25, 0.3) is 0 Å². The minimum atomic E-state index is -0.259. The first-order chi connectivity index (χ1) is 7.41. The molecule has 3 heteroatoms. The molecule has 0 aliphatic carbocycles. The van der Waals surface area contributed by atoms with E-state index in [1.807, 2.05) is 32.7 Å². The van der Waals surface area contributed by atoms with Gasteiger partial charge in [0, 0.05) is 32.2 Å². The molecule has 0 aromatic heterocycles. The molecule has 1 amide bonds. The van der Waals surface area contributed by atoms with Crippen LogP contribution in [0, 0.1) is 11.3 Å². The predicted molar refractivity (Wildman–Crippen MR) is 65.3 cm³/mol. The molecule has 0 atom stereocenters. The fourth-order valence-corrected chi connectivity index (χ4v) is 2.09. The van der Waals surface area contributed by atoms with Gasteiger partial charge >= 0.3 is 0 Å². The van der Waals surface area contributed by atoms with Crippen LogP contribution >= 0.6 is 0 Å². The first-order valence-electron chi connectivity index (χ1n) is 6.24. The van der Waals surface area contributed by atoms with E-state index in [1.165, 1.54) is 0 Å². The molecule has 0 unspecified atom stereocenters. The van der Waals surface area contributed by atoms with Gasteiger partial charge in [0.05, 0.1) is 0 Å². The van der Waals surface area contributed by atoms with Gasteiger partial charge in [-0.25, -0.2) is 0 Å². The molecule has 0 N–H and O–H groups in total. The molecule has 0 aromatic rings. The summed E-state index contributed by atoms with van der Waals surface area (Å²) < 4.78 is 5.33. The maximum Gasteiger partial charge on any atom is 0.227 e. The fourth-order valence-electron chi connectivity index (χ4n) is 2.09. The van der Waals surface area contributed by atoms with Gasteiger partial charge in [-0.15, -0.1) is 0 Å². The molecule has 94 valence electrons. The molecule has 0 bridgehead atoms. The average molecular weight is 227 g/mol. The van der Waals surface area contributed by atoms with Gasteiger partial charge in [-0.2, -0.15) is 0 Å². The van der Waals surface area contributed by atoms with E-state index in [4.69, 9.17) is 4.74 Å². The maximum atomic E-state index is 11.9. The lowest BCUT2D eigenvalue weighted by Crippen LogP contribution is -2.38. The number of carbonyl (C=O) groups is 1. The molecule has 0 saturated carbocycles. The summed E-state index contributed by atoms with van der Waals surface area (Å²) in [7, 11) is 1.91. The van der Waals surface area contributed by atoms with E-state index in [0.717, 1.165) is 44.9 Å². The molecule has 0 radical (unpaired) electrons. The van der Waals surface area contributed by atoms with Crippen LogP contribution in [0.25, 0.3) is 0 Å². The van der Waals surface area contributed by atoms with Crippen molar-refractivity contribution in [2.75, 3.05) is 26.8 Å². The third-order valence-electron chi connectivity index (χ3n) is 3.20. The van der Waals surface area contributed by atoms with Gasteiger partial charge in [0.2, 0.25) is 5.91 Å². The van der Waals surface area contributed by atoms with Crippen molar-refractivity contribution < 1.29 is 9.53 Å². The van der Waals surface area contributed by atoms with Crippen molar-refractivity contribution in [3.05, 3.63) is 0 Å². The number of hydrogen-bond donors (Lipinski definition) is 0. The smallest absolute Gasteiger partial charge is 0.227 e. The normalized spacial score (nSPS) is 18.5. The SMILES string of the molecule is CN(CCC1CCOCC1)C(=O)C(C)(C)C. The lowest BCUT2D eigenvalue weighted by atomic mass is 9.93. The van der Waals surface area contributed by atoms with Gasteiger partial charge in [0.1, 0.15) is 0 Å².